The predicted molar refractivity (Wildman–Crippen MR) is 107 cm³/mol. The fraction of sp³-hybridized carbons (Fsp3) is 0.235. The molecule has 150 valence electrons. The SMILES string of the molecule is CS(=O)(=O)Nc1ccc(C2=NN(S(C)(=O)=O)C(c3ccc(Cl)c(F)c3)C2)cc1. The molecule has 0 radical (unpaired) electrons. The Labute approximate surface area is 167 Å². The third-order valence-electron chi connectivity index (χ3n) is 4.06. The largest absolute Gasteiger partial charge is 0.284 e. The number of hydrazone groups is 1. The Morgan fingerprint density at radius 2 is 1.75 bits per heavy atom. The van der Waals surface area contributed by atoms with Crippen molar-refractivity contribution in [1.82, 2.24) is 4.41 Å². The molecule has 0 aromatic heterocycles. The van der Waals surface area contributed by atoms with Crippen LogP contribution in [-0.2, 0) is 20.0 Å². The minimum absolute atomic E-state index is 0.0530. The van der Waals surface area contributed by atoms with E-state index in [0.717, 1.165) is 16.9 Å². The second kappa shape index (κ2) is 7.34. The smallest absolute Gasteiger partial charge is 0.247 e. The summed E-state index contributed by atoms with van der Waals surface area (Å²) >= 11 is 5.71. The second-order valence-corrected chi connectivity index (χ2v) is 10.4. The molecule has 2 aromatic carbocycles. The van der Waals surface area contributed by atoms with Gasteiger partial charge in [-0.2, -0.15) is 9.52 Å². The number of nitrogens with one attached hydrogen (secondary N) is 1. The lowest BCUT2D eigenvalue weighted by Gasteiger charge is -2.21. The lowest BCUT2D eigenvalue weighted by molar-refractivity contribution is 0.373. The number of benzene rings is 2. The average molecular weight is 446 g/mol. The van der Waals surface area contributed by atoms with Crippen LogP contribution in [-0.4, -0.2) is 39.5 Å². The zero-order valence-electron chi connectivity index (χ0n) is 14.9. The number of nitrogens with zero attached hydrogens (tertiary/aromatic N) is 2. The van der Waals surface area contributed by atoms with Gasteiger partial charge in [-0.05, 0) is 35.4 Å². The van der Waals surface area contributed by atoms with Crippen LogP contribution in [0.5, 0.6) is 0 Å². The maximum atomic E-state index is 13.9. The minimum Gasteiger partial charge on any atom is -0.284 e. The van der Waals surface area contributed by atoms with Crippen LogP contribution >= 0.6 is 11.6 Å². The molecule has 1 aliphatic rings. The highest BCUT2D eigenvalue weighted by Crippen LogP contribution is 2.35. The number of hydrogen-bond donors (Lipinski definition) is 1. The van der Waals surface area contributed by atoms with Crippen LogP contribution in [0.25, 0.3) is 0 Å². The van der Waals surface area contributed by atoms with Crippen LogP contribution in [0.3, 0.4) is 0 Å². The Balaban J connectivity index is 1.93. The molecule has 1 aliphatic heterocycles. The molecule has 7 nitrogen and oxygen atoms in total. The van der Waals surface area contributed by atoms with E-state index < -0.39 is 31.9 Å². The van der Waals surface area contributed by atoms with Gasteiger partial charge >= 0.3 is 0 Å². The van der Waals surface area contributed by atoms with Crippen LogP contribution in [0.1, 0.15) is 23.6 Å². The van der Waals surface area contributed by atoms with Crippen molar-refractivity contribution >= 4 is 43.0 Å². The molecule has 1 unspecified atom stereocenters. The van der Waals surface area contributed by atoms with Crippen molar-refractivity contribution in [3.05, 3.63) is 64.4 Å². The third kappa shape index (κ3) is 4.62. The Bertz CT molecular complexity index is 1150. The van der Waals surface area contributed by atoms with Gasteiger partial charge in [0.1, 0.15) is 5.82 Å². The van der Waals surface area contributed by atoms with E-state index in [2.05, 4.69) is 9.82 Å². The van der Waals surface area contributed by atoms with Gasteiger partial charge in [0.25, 0.3) is 0 Å². The van der Waals surface area contributed by atoms with E-state index in [1.54, 1.807) is 30.3 Å². The number of rotatable bonds is 5. The number of hydrogen-bond acceptors (Lipinski definition) is 5. The molecule has 2 aromatic rings. The highest BCUT2D eigenvalue weighted by atomic mass is 35.5. The molecule has 0 saturated heterocycles. The maximum Gasteiger partial charge on any atom is 0.247 e. The first-order valence-corrected chi connectivity index (χ1v) is 12.2. The molecular weight excluding hydrogens is 429 g/mol. The van der Waals surface area contributed by atoms with Gasteiger partial charge in [-0.1, -0.05) is 29.8 Å². The number of sulfonamides is 2. The highest BCUT2D eigenvalue weighted by Gasteiger charge is 2.34. The zero-order valence-corrected chi connectivity index (χ0v) is 17.3. The van der Waals surface area contributed by atoms with E-state index in [0.29, 0.717) is 22.5 Å². The molecule has 0 aliphatic carbocycles. The summed E-state index contributed by atoms with van der Waals surface area (Å²) in [6, 6.07) is 9.81. The molecule has 1 heterocycles. The highest BCUT2D eigenvalue weighted by molar-refractivity contribution is 7.92. The molecule has 1 atom stereocenters. The number of anilines is 1. The Hall–Kier alpha value is -2.17. The molecule has 28 heavy (non-hydrogen) atoms. The fourth-order valence-corrected chi connectivity index (χ4v) is 4.47. The standard InChI is InChI=1S/C17H17ClFN3O4S2/c1-27(23,24)21-13-6-3-11(4-7-13)16-10-17(22(20-16)28(2,25)26)12-5-8-14(18)15(19)9-12/h3-9,17,21H,10H2,1-2H3. The van der Waals surface area contributed by atoms with Crippen LogP contribution in [0.15, 0.2) is 47.6 Å². The summed E-state index contributed by atoms with van der Waals surface area (Å²) in [5.41, 5.74) is 1.92. The van der Waals surface area contributed by atoms with Crippen LogP contribution in [0, 0.1) is 5.82 Å². The van der Waals surface area contributed by atoms with E-state index in [1.807, 2.05) is 0 Å². The van der Waals surface area contributed by atoms with Crippen LogP contribution < -0.4 is 4.72 Å². The summed E-state index contributed by atoms with van der Waals surface area (Å²) in [5.74, 6) is -0.641. The van der Waals surface area contributed by atoms with Gasteiger partial charge in [-0.25, -0.2) is 21.2 Å². The van der Waals surface area contributed by atoms with Crippen molar-refractivity contribution in [3.63, 3.8) is 0 Å². The summed E-state index contributed by atoms with van der Waals surface area (Å²) in [4.78, 5) is 0. The van der Waals surface area contributed by atoms with Gasteiger partial charge in [0, 0.05) is 12.1 Å². The van der Waals surface area contributed by atoms with E-state index >= 15 is 0 Å². The Morgan fingerprint density at radius 3 is 2.29 bits per heavy atom. The molecule has 0 amide bonds. The first kappa shape index (κ1) is 20.6. The van der Waals surface area contributed by atoms with E-state index in [9.17, 15) is 21.2 Å². The van der Waals surface area contributed by atoms with Gasteiger partial charge in [0.05, 0.1) is 29.3 Å². The molecule has 0 saturated carbocycles. The summed E-state index contributed by atoms with van der Waals surface area (Å²) in [6.45, 7) is 0. The molecule has 0 bridgehead atoms. The van der Waals surface area contributed by atoms with Crippen molar-refractivity contribution in [3.8, 4) is 0 Å². The summed E-state index contributed by atoms with van der Waals surface area (Å²) < 4.78 is 64.1. The molecule has 0 fully saturated rings. The third-order valence-corrected chi connectivity index (χ3v) is 5.99. The van der Waals surface area contributed by atoms with Gasteiger partial charge in [0.2, 0.25) is 20.0 Å². The van der Waals surface area contributed by atoms with Gasteiger partial charge in [0.15, 0.2) is 0 Å². The fourth-order valence-electron chi connectivity index (χ4n) is 2.88. The van der Waals surface area contributed by atoms with Gasteiger partial charge in [-0.15, -0.1) is 0 Å². The molecular formula is C17H17ClFN3O4S2. The summed E-state index contributed by atoms with van der Waals surface area (Å²) in [6.07, 6.45) is 2.30. The molecule has 3 rings (SSSR count). The molecule has 0 spiro atoms. The van der Waals surface area contributed by atoms with Crippen molar-refractivity contribution in [1.29, 1.82) is 0 Å². The molecule has 1 N–H and O–H groups in total. The zero-order chi connectivity index (χ0) is 20.7. The lowest BCUT2D eigenvalue weighted by atomic mass is 9.99. The normalized spacial score (nSPS) is 17.5. The first-order chi connectivity index (χ1) is 12.9. The summed E-state index contributed by atoms with van der Waals surface area (Å²) in [5, 5.41) is 4.16. The topological polar surface area (TPSA) is 95.9 Å². The lowest BCUT2D eigenvalue weighted by Crippen LogP contribution is -2.26. The van der Waals surface area contributed by atoms with E-state index in [-0.39, 0.29) is 11.4 Å². The average Bonchev–Trinajstić information content (AvgIpc) is 3.02. The predicted octanol–water partition coefficient (Wildman–Crippen LogP) is 2.96. The monoisotopic (exact) mass is 445 g/mol. The van der Waals surface area contributed by atoms with Crippen molar-refractivity contribution < 1.29 is 21.2 Å². The summed E-state index contributed by atoms with van der Waals surface area (Å²) in [7, 11) is -7.10. The number of halogens is 2. The molecule has 11 heteroatoms. The van der Waals surface area contributed by atoms with Gasteiger partial charge in [-0.3, -0.25) is 4.72 Å². The van der Waals surface area contributed by atoms with Gasteiger partial charge < -0.3 is 0 Å². The maximum absolute atomic E-state index is 13.9. The van der Waals surface area contributed by atoms with Crippen LogP contribution in [0.4, 0.5) is 10.1 Å². The van der Waals surface area contributed by atoms with Crippen molar-refractivity contribution in [2.24, 2.45) is 5.10 Å². The first-order valence-electron chi connectivity index (χ1n) is 8.04. The second-order valence-electron chi connectivity index (χ2n) is 6.43. The van der Waals surface area contributed by atoms with Crippen LogP contribution in [0.2, 0.25) is 5.02 Å². The van der Waals surface area contributed by atoms with E-state index in [4.69, 9.17) is 11.6 Å². The Kier molecular flexibility index (Phi) is 5.39. The van der Waals surface area contributed by atoms with Crippen molar-refractivity contribution in [2.75, 3.05) is 17.2 Å². The minimum atomic E-state index is -3.70. The Morgan fingerprint density at radius 1 is 1.11 bits per heavy atom. The van der Waals surface area contributed by atoms with Crippen molar-refractivity contribution in [2.45, 2.75) is 12.5 Å². The quantitative estimate of drug-likeness (QED) is 0.765. The van der Waals surface area contributed by atoms with E-state index in [1.165, 1.54) is 12.1 Å².